The Morgan fingerprint density at radius 3 is 2.36 bits per heavy atom. The first-order chi connectivity index (χ1) is 11.8. The summed E-state index contributed by atoms with van der Waals surface area (Å²) in [5.74, 6) is 0. The van der Waals surface area contributed by atoms with Crippen LogP contribution < -0.4 is 5.32 Å². The number of hydrogen-bond donors (Lipinski definition) is 2. The van der Waals surface area contributed by atoms with Gasteiger partial charge in [-0.3, -0.25) is 9.80 Å². The van der Waals surface area contributed by atoms with E-state index in [1.165, 1.54) is 10.5 Å². The lowest BCUT2D eigenvalue weighted by Crippen LogP contribution is -2.49. The molecule has 1 aromatic carbocycles. The average Bonchev–Trinajstić information content (AvgIpc) is 2.56. The number of amides is 2. The number of carbonyl (C=O) groups excluding carboxylic acids is 1. The third-order valence-electron chi connectivity index (χ3n) is 4.39. The highest BCUT2D eigenvalue weighted by Gasteiger charge is 2.20. The summed E-state index contributed by atoms with van der Waals surface area (Å²) in [5, 5.41) is 12.7. The minimum Gasteiger partial charge on any atom is -0.389 e. The Morgan fingerprint density at radius 2 is 1.76 bits per heavy atom. The van der Waals surface area contributed by atoms with Gasteiger partial charge in [-0.1, -0.05) is 30.3 Å². The normalized spacial score (nSPS) is 16.6. The molecule has 1 heterocycles. The van der Waals surface area contributed by atoms with Crippen LogP contribution in [0.15, 0.2) is 30.3 Å². The van der Waals surface area contributed by atoms with Crippen molar-refractivity contribution in [2.75, 3.05) is 52.9 Å². The van der Waals surface area contributed by atoms with Crippen LogP contribution in [0.1, 0.15) is 19.4 Å². The minimum atomic E-state index is -0.874. The fourth-order valence-corrected chi connectivity index (χ4v) is 3.12. The number of rotatable bonds is 7. The van der Waals surface area contributed by atoms with Crippen LogP contribution >= 0.6 is 0 Å². The highest BCUT2D eigenvalue weighted by atomic mass is 16.3. The molecule has 2 rings (SSSR count). The molecule has 0 radical (unpaired) electrons. The molecule has 1 aromatic rings. The maximum Gasteiger partial charge on any atom is 0.317 e. The predicted octanol–water partition coefficient (Wildman–Crippen LogP) is 1.22. The van der Waals surface area contributed by atoms with Crippen LogP contribution in [0.2, 0.25) is 0 Å². The van der Waals surface area contributed by atoms with Gasteiger partial charge >= 0.3 is 6.03 Å². The van der Waals surface area contributed by atoms with Crippen molar-refractivity contribution < 1.29 is 9.90 Å². The number of nitrogens with zero attached hydrogens (tertiary/aromatic N) is 3. The van der Waals surface area contributed by atoms with E-state index < -0.39 is 5.60 Å². The van der Waals surface area contributed by atoms with Crippen LogP contribution in [0.3, 0.4) is 0 Å². The van der Waals surface area contributed by atoms with Crippen LogP contribution in [-0.2, 0) is 6.54 Å². The van der Waals surface area contributed by atoms with Crippen molar-refractivity contribution in [1.82, 2.24) is 20.0 Å². The van der Waals surface area contributed by atoms with Gasteiger partial charge in [-0.2, -0.15) is 0 Å². The zero-order valence-electron chi connectivity index (χ0n) is 15.7. The summed E-state index contributed by atoms with van der Waals surface area (Å²) in [6.07, 6.45) is 0. The quantitative estimate of drug-likeness (QED) is 0.778. The second-order valence-electron chi connectivity index (χ2n) is 7.50. The van der Waals surface area contributed by atoms with Crippen molar-refractivity contribution in [3.8, 4) is 0 Å². The molecule has 1 aliphatic heterocycles. The molecule has 2 N–H and O–H groups in total. The smallest absolute Gasteiger partial charge is 0.317 e. The second kappa shape index (κ2) is 9.17. The van der Waals surface area contributed by atoms with Crippen molar-refractivity contribution in [2.45, 2.75) is 26.0 Å². The van der Waals surface area contributed by atoms with Gasteiger partial charge in [0.05, 0.1) is 12.1 Å². The number of nitrogens with one attached hydrogen (secondary N) is 1. The molecular weight excluding hydrogens is 316 g/mol. The third-order valence-corrected chi connectivity index (χ3v) is 4.39. The molecule has 0 atom stereocenters. The van der Waals surface area contributed by atoms with Gasteiger partial charge in [0.2, 0.25) is 0 Å². The van der Waals surface area contributed by atoms with E-state index in [0.29, 0.717) is 13.1 Å². The standard InChI is InChI=1S/C19H32N4O2/c1-19(2,25)16-21(3)18(24)20-9-10-22-11-13-23(14-12-22)15-17-7-5-4-6-8-17/h4-8,25H,9-16H2,1-3H3,(H,20,24). The van der Waals surface area contributed by atoms with Gasteiger partial charge in [0.25, 0.3) is 0 Å². The number of likely N-dealkylation sites (N-methyl/N-ethyl adjacent to an activating group) is 1. The van der Waals surface area contributed by atoms with Gasteiger partial charge in [0.1, 0.15) is 0 Å². The monoisotopic (exact) mass is 348 g/mol. The van der Waals surface area contributed by atoms with Gasteiger partial charge in [0, 0.05) is 52.9 Å². The molecule has 0 bridgehead atoms. The first-order valence-electron chi connectivity index (χ1n) is 9.03. The van der Waals surface area contributed by atoms with E-state index in [1.807, 2.05) is 0 Å². The Morgan fingerprint density at radius 1 is 1.16 bits per heavy atom. The zero-order valence-corrected chi connectivity index (χ0v) is 15.7. The molecule has 0 saturated carbocycles. The number of hydrogen-bond acceptors (Lipinski definition) is 4. The van der Waals surface area contributed by atoms with Gasteiger partial charge in [-0.15, -0.1) is 0 Å². The van der Waals surface area contributed by atoms with Crippen LogP contribution in [0, 0.1) is 0 Å². The van der Waals surface area contributed by atoms with E-state index in [-0.39, 0.29) is 6.03 Å². The van der Waals surface area contributed by atoms with E-state index in [2.05, 4.69) is 45.4 Å². The fourth-order valence-electron chi connectivity index (χ4n) is 3.12. The minimum absolute atomic E-state index is 0.134. The third kappa shape index (κ3) is 7.42. The molecular formula is C19H32N4O2. The Hall–Kier alpha value is -1.63. The Bertz CT molecular complexity index is 522. The summed E-state index contributed by atoms with van der Waals surface area (Å²) in [6.45, 7) is 10.4. The molecule has 2 amide bonds. The molecule has 6 nitrogen and oxygen atoms in total. The number of aliphatic hydroxyl groups is 1. The second-order valence-corrected chi connectivity index (χ2v) is 7.50. The van der Waals surface area contributed by atoms with Crippen LogP contribution in [0.4, 0.5) is 4.79 Å². The summed E-state index contributed by atoms with van der Waals surface area (Å²) >= 11 is 0. The van der Waals surface area contributed by atoms with Crippen molar-refractivity contribution in [3.05, 3.63) is 35.9 Å². The average molecular weight is 348 g/mol. The first-order valence-corrected chi connectivity index (χ1v) is 9.03. The maximum atomic E-state index is 12.0. The number of carbonyl (C=O) groups is 1. The van der Waals surface area contributed by atoms with Crippen molar-refractivity contribution in [2.24, 2.45) is 0 Å². The summed E-state index contributed by atoms with van der Waals surface area (Å²) in [4.78, 5) is 18.4. The fraction of sp³-hybridized carbons (Fsp3) is 0.632. The van der Waals surface area contributed by atoms with E-state index in [9.17, 15) is 9.90 Å². The lowest BCUT2D eigenvalue weighted by Gasteiger charge is -2.35. The largest absolute Gasteiger partial charge is 0.389 e. The Labute approximate surface area is 151 Å². The summed E-state index contributed by atoms with van der Waals surface area (Å²) in [6, 6.07) is 10.4. The van der Waals surface area contributed by atoms with Gasteiger partial charge in [-0.25, -0.2) is 4.79 Å². The topological polar surface area (TPSA) is 59.1 Å². The molecule has 0 spiro atoms. The molecule has 0 aliphatic carbocycles. The molecule has 6 heteroatoms. The first kappa shape index (κ1) is 19.7. The Balaban J connectivity index is 1.61. The Kier molecular flexibility index (Phi) is 7.23. The lowest BCUT2D eigenvalue weighted by atomic mass is 10.1. The van der Waals surface area contributed by atoms with Gasteiger partial charge in [0.15, 0.2) is 0 Å². The van der Waals surface area contributed by atoms with Crippen molar-refractivity contribution in [3.63, 3.8) is 0 Å². The molecule has 25 heavy (non-hydrogen) atoms. The maximum absolute atomic E-state index is 12.0. The zero-order chi connectivity index (χ0) is 18.3. The van der Waals surface area contributed by atoms with Crippen molar-refractivity contribution >= 4 is 6.03 Å². The molecule has 140 valence electrons. The van der Waals surface area contributed by atoms with Crippen molar-refractivity contribution in [1.29, 1.82) is 0 Å². The SMILES string of the molecule is CN(CC(C)(C)O)C(=O)NCCN1CCN(Cc2ccccc2)CC1. The number of benzene rings is 1. The summed E-state index contributed by atoms with van der Waals surface area (Å²) < 4.78 is 0. The van der Waals surface area contributed by atoms with Gasteiger partial charge in [-0.05, 0) is 19.4 Å². The number of piperazine rings is 1. The van der Waals surface area contributed by atoms with Crippen LogP contribution in [0.5, 0.6) is 0 Å². The van der Waals surface area contributed by atoms with Gasteiger partial charge < -0.3 is 15.3 Å². The molecule has 1 fully saturated rings. The highest BCUT2D eigenvalue weighted by molar-refractivity contribution is 5.73. The molecule has 1 saturated heterocycles. The van der Waals surface area contributed by atoms with E-state index in [1.54, 1.807) is 20.9 Å². The molecule has 1 aliphatic rings. The van der Waals surface area contributed by atoms with E-state index in [4.69, 9.17) is 0 Å². The number of urea groups is 1. The predicted molar refractivity (Wildman–Crippen MR) is 100 cm³/mol. The summed E-state index contributed by atoms with van der Waals surface area (Å²) in [7, 11) is 1.70. The summed E-state index contributed by atoms with van der Waals surface area (Å²) in [5.41, 5.74) is 0.485. The highest BCUT2D eigenvalue weighted by Crippen LogP contribution is 2.08. The molecule has 0 unspecified atom stereocenters. The van der Waals surface area contributed by atoms with Crippen LogP contribution in [0.25, 0.3) is 0 Å². The lowest BCUT2D eigenvalue weighted by molar-refractivity contribution is 0.0530. The van der Waals surface area contributed by atoms with E-state index >= 15 is 0 Å². The molecule has 0 aromatic heterocycles. The van der Waals surface area contributed by atoms with E-state index in [0.717, 1.165) is 39.3 Å². The van der Waals surface area contributed by atoms with Crippen LogP contribution in [-0.4, -0.2) is 84.3 Å².